The van der Waals surface area contributed by atoms with Gasteiger partial charge in [0.2, 0.25) is 0 Å². The Kier molecular flexibility index (Phi) is 7.42. The first-order chi connectivity index (χ1) is 9.59. The molecule has 0 aliphatic heterocycles. The summed E-state index contributed by atoms with van der Waals surface area (Å²) in [7, 11) is 0. The largest absolute Gasteiger partial charge is 0.472 e. The highest BCUT2D eigenvalue weighted by Gasteiger charge is 2.12. The van der Waals surface area contributed by atoms with Crippen molar-refractivity contribution in [3.8, 4) is 0 Å². The summed E-state index contributed by atoms with van der Waals surface area (Å²) in [5.74, 6) is -0.773. The molecule has 1 aromatic rings. The summed E-state index contributed by atoms with van der Waals surface area (Å²) in [6.07, 6.45) is 3.72. The Hall–Kier alpha value is -1.82. The Balaban J connectivity index is 2.05. The van der Waals surface area contributed by atoms with Gasteiger partial charge in [-0.25, -0.2) is 0 Å². The summed E-state index contributed by atoms with van der Waals surface area (Å²) in [5, 5.41) is 5.06. The van der Waals surface area contributed by atoms with Crippen LogP contribution in [0.15, 0.2) is 23.0 Å². The fourth-order valence-corrected chi connectivity index (χ4v) is 1.43. The van der Waals surface area contributed by atoms with E-state index in [2.05, 4.69) is 24.5 Å². The third kappa shape index (κ3) is 6.94. The van der Waals surface area contributed by atoms with Crippen molar-refractivity contribution in [1.29, 1.82) is 0 Å². The van der Waals surface area contributed by atoms with Crippen molar-refractivity contribution in [3.63, 3.8) is 0 Å². The molecule has 20 heavy (non-hydrogen) atoms. The molecule has 1 aromatic heterocycles. The molecule has 0 atom stereocenters. The molecule has 1 rings (SSSR count). The van der Waals surface area contributed by atoms with E-state index in [0.717, 1.165) is 5.56 Å². The number of carbonyl (C=O) groups is 2. The molecule has 2 amide bonds. The molecule has 2 N–H and O–H groups in total. The molecule has 6 heteroatoms. The number of furan rings is 1. The van der Waals surface area contributed by atoms with Crippen molar-refractivity contribution >= 4 is 11.8 Å². The van der Waals surface area contributed by atoms with Crippen molar-refractivity contribution in [2.24, 2.45) is 5.92 Å². The highest BCUT2D eigenvalue weighted by molar-refractivity contribution is 6.35. The number of rotatable bonds is 8. The minimum atomic E-state index is -0.644. The van der Waals surface area contributed by atoms with E-state index in [1.807, 2.05) is 0 Å². The molecular formula is C14H22N2O4. The zero-order valence-electron chi connectivity index (χ0n) is 12.0. The molecular weight excluding hydrogens is 260 g/mol. The number of amides is 2. The SMILES string of the molecule is CC(C)COCCCNC(=O)C(=O)NCc1ccoc1. The average Bonchev–Trinajstić information content (AvgIpc) is 2.92. The summed E-state index contributed by atoms with van der Waals surface area (Å²) in [6, 6.07) is 1.73. The number of hydrogen-bond acceptors (Lipinski definition) is 4. The van der Waals surface area contributed by atoms with Crippen LogP contribution in [0.3, 0.4) is 0 Å². The van der Waals surface area contributed by atoms with Crippen molar-refractivity contribution < 1.29 is 18.7 Å². The van der Waals surface area contributed by atoms with Crippen molar-refractivity contribution in [2.75, 3.05) is 19.8 Å². The van der Waals surface area contributed by atoms with Gasteiger partial charge in [0, 0.05) is 31.9 Å². The quantitative estimate of drug-likeness (QED) is 0.552. The summed E-state index contributed by atoms with van der Waals surface area (Å²) in [4.78, 5) is 22.9. The molecule has 0 aromatic carbocycles. The van der Waals surface area contributed by atoms with E-state index in [0.29, 0.717) is 32.1 Å². The van der Waals surface area contributed by atoms with E-state index in [-0.39, 0.29) is 6.54 Å². The van der Waals surface area contributed by atoms with Gasteiger partial charge in [-0.05, 0) is 18.4 Å². The average molecular weight is 282 g/mol. The van der Waals surface area contributed by atoms with Gasteiger partial charge in [0.25, 0.3) is 0 Å². The van der Waals surface area contributed by atoms with E-state index in [4.69, 9.17) is 9.15 Å². The van der Waals surface area contributed by atoms with Gasteiger partial charge in [-0.2, -0.15) is 0 Å². The van der Waals surface area contributed by atoms with E-state index in [1.54, 1.807) is 6.07 Å². The second-order valence-electron chi connectivity index (χ2n) is 4.89. The normalized spacial score (nSPS) is 10.6. The Morgan fingerprint density at radius 2 is 2.05 bits per heavy atom. The summed E-state index contributed by atoms with van der Waals surface area (Å²) in [5.41, 5.74) is 0.813. The lowest BCUT2D eigenvalue weighted by Gasteiger charge is -2.07. The van der Waals surface area contributed by atoms with Crippen LogP contribution in [-0.2, 0) is 20.9 Å². The van der Waals surface area contributed by atoms with E-state index < -0.39 is 11.8 Å². The first-order valence-electron chi connectivity index (χ1n) is 6.74. The lowest BCUT2D eigenvalue weighted by atomic mass is 10.2. The van der Waals surface area contributed by atoms with Crippen LogP contribution in [0.4, 0.5) is 0 Å². The third-order valence-corrected chi connectivity index (χ3v) is 2.44. The fraction of sp³-hybridized carbons (Fsp3) is 0.571. The molecule has 112 valence electrons. The van der Waals surface area contributed by atoms with Crippen LogP contribution < -0.4 is 10.6 Å². The van der Waals surface area contributed by atoms with Crippen LogP contribution in [0, 0.1) is 5.92 Å². The Morgan fingerprint density at radius 1 is 1.30 bits per heavy atom. The van der Waals surface area contributed by atoms with Crippen molar-refractivity contribution in [2.45, 2.75) is 26.8 Å². The zero-order valence-corrected chi connectivity index (χ0v) is 12.0. The number of carbonyl (C=O) groups excluding carboxylic acids is 2. The van der Waals surface area contributed by atoms with Crippen LogP contribution in [0.1, 0.15) is 25.8 Å². The van der Waals surface area contributed by atoms with E-state index in [1.165, 1.54) is 12.5 Å². The predicted molar refractivity (Wildman–Crippen MR) is 73.8 cm³/mol. The van der Waals surface area contributed by atoms with E-state index in [9.17, 15) is 9.59 Å². The van der Waals surface area contributed by atoms with Gasteiger partial charge >= 0.3 is 11.8 Å². The van der Waals surface area contributed by atoms with Gasteiger partial charge in [0.1, 0.15) is 0 Å². The summed E-state index contributed by atoms with van der Waals surface area (Å²) < 4.78 is 10.2. The summed E-state index contributed by atoms with van der Waals surface area (Å²) in [6.45, 7) is 6.14. The maximum absolute atomic E-state index is 11.5. The number of nitrogens with one attached hydrogen (secondary N) is 2. The maximum Gasteiger partial charge on any atom is 0.309 e. The Morgan fingerprint density at radius 3 is 2.70 bits per heavy atom. The standard InChI is InChI=1S/C14H22N2O4/c1-11(2)9-19-6-3-5-15-13(17)14(18)16-8-12-4-7-20-10-12/h4,7,10-11H,3,5-6,8-9H2,1-2H3,(H,15,17)(H,16,18). The first-order valence-corrected chi connectivity index (χ1v) is 6.74. The second kappa shape index (κ2) is 9.14. The highest BCUT2D eigenvalue weighted by Crippen LogP contribution is 1.98. The van der Waals surface area contributed by atoms with Crippen LogP contribution in [0.5, 0.6) is 0 Å². The third-order valence-electron chi connectivity index (χ3n) is 2.44. The second-order valence-corrected chi connectivity index (χ2v) is 4.89. The molecule has 0 spiro atoms. The van der Waals surface area contributed by atoms with Gasteiger partial charge in [0.15, 0.2) is 0 Å². The van der Waals surface area contributed by atoms with Crippen LogP contribution in [-0.4, -0.2) is 31.6 Å². The van der Waals surface area contributed by atoms with Gasteiger partial charge in [-0.15, -0.1) is 0 Å². The lowest BCUT2D eigenvalue weighted by molar-refractivity contribution is -0.139. The number of hydrogen-bond donors (Lipinski definition) is 2. The van der Waals surface area contributed by atoms with Crippen LogP contribution in [0.2, 0.25) is 0 Å². The molecule has 0 saturated carbocycles. The van der Waals surface area contributed by atoms with Crippen LogP contribution >= 0.6 is 0 Å². The number of ether oxygens (including phenoxy) is 1. The Labute approximate surface area is 118 Å². The van der Waals surface area contributed by atoms with Gasteiger partial charge in [-0.3, -0.25) is 9.59 Å². The molecule has 0 radical (unpaired) electrons. The molecule has 0 saturated heterocycles. The van der Waals surface area contributed by atoms with Gasteiger partial charge in [-0.1, -0.05) is 13.8 Å². The van der Waals surface area contributed by atoms with E-state index >= 15 is 0 Å². The fourth-order valence-electron chi connectivity index (χ4n) is 1.43. The molecule has 0 aliphatic rings. The molecule has 6 nitrogen and oxygen atoms in total. The first kappa shape index (κ1) is 16.2. The molecule has 0 unspecified atom stereocenters. The predicted octanol–water partition coefficient (Wildman–Crippen LogP) is 1.07. The molecule has 1 heterocycles. The topological polar surface area (TPSA) is 80.6 Å². The smallest absolute Gasteiger partial charge is 0.309 e. The minimum absolute atomic E-state index is 0.278. The maximum atomic E-state index is 11.5. The van der Waals surface area contributed by atoms with Crippen LogP contribution in [0.25, 0.3) is 0 Å². The van der Waals surface area contributed by atoms with Gasteiger partial charge in [0.05, 0.1) is 12.5 Å². The molecule has 0 aliphatic carbocycles. The molecule has 0 bridgehead atoms. The van der Waals surface area contributed by atoms with Crippen molar-refractivity contribution in [3.05, 3.63) is 24.2 Å². The zero-order chi connectivity index (χ0) is 14.8. The minimum Gasteiger partial charge on any atom is -0.472 e. The monoisotopic (exact) mass is 282 g/mol. The van der Waals surface area contributed by atoms with Gasteiger partial charge < -0.3 is 19.8 Å². The Bertz CT molecular complexity index is 401. The van der Waals surface area contributed by atoms with Crippen molar-refractivity contribution in [1.82, 2.24) is 10.6 Å². The highest BCUT2D eigenvalue weighted by atomic mass is 16.5. The summed E-state index contributed by atoms with van der Waals surface area (Å²) >= 11 is 0. The molecule has 0 fully saturated rings. The lowest BCUT2D eigenvalue weighted by Crippen LogP contribution is -2.40.